The Morgan fingerprint density at radius 1 is 1.44 bits per heavy atom. The number of hydrogen-bond acceptors (Lipinski definition) is 3. The van der Waals surface area contributed by atoms with Gasteiger partial charge < -0.3 is 10.5 Å². The summed E-state index contributed by atoms with van der Waals surface area (Å²) in [5, 5.41) is 0. The fourth-order valence-corrected chi connectivity index (χ4v) is 2.04. The zero-order chi connectivity index (χ0) is 11.5. The van der Waals surface area contributed by atoms with Crippen molar-refractivity contribution in [2.75, 3.05) is 6.61 Å². The molecule has 0 saturated carbocycles. The molecule has 0 radical (unpaired) electrons. The van der Waals surface area contributed by atoms with Crippen molar-refractivity contribution in [2.45, 2.75) is 32.7 Å². The molecule has 16 heavy (non-hydrogen) atoms. The first-order valence-corrected chi connectivity index (χ1v) is 5.68. The standard InChI is InChI=1S/C13H18N2O/c1-9-6-10(2)13(15-7-9)12(14)11-4-3-5-16-8-11/h6-8,12H,3-5,14H2,1-2H3. The molecule has 0 spiro atoms. The molecule has 3 nitrogen and oxygen atoms in total. The van der Waals surface area contributed by atoms with E-state index in [2.05, 4.69) is 18.0 Å². The maximum absolute atomic E-state index is 6.21. The summed E-state index contributed by atoms with van der Waals surface area (Å²) in [6.45, 7) is 4.90. The van der Waals surface area contributed by atoms with Gasteiger partial charge in [-0.25, -0.2) is 0 Å². The number of hydrogen-bond donors (Lipinski definition) is 1. The predicted octanol–water partition coefficient (Wildman–Crippen LogP) is 2.39. The summed E-state index contributed by atoms with van der Waals surface area (Å²) < 4.78 is 5.32. The molecular weight excluding hydrogens is 200 g/mol. The van der Waals surface area contributed by atoms with Crippen LogP contribution in [0.5, 0.6) is 0 Å². The molecule has 1 aromatic heterocycles. The van der Waals surface area contributed by atoms with Crippen LogP contribution in [0.3, 0.4) is 0 Å². The fraction of sp³-hybridized carbons (Fsp3) is 0.462. The Bertz CT molecular complexity index is 412. The summed E-state index contributed by atoms with van der Waals surface area (Å²) in [5.74, 6) is 0. The highest BCUT2D eigenvalue weighted by atomic mass is 16.5. The van der Waals surface area contributed by atoms with Gasteiger partial charge in [0.1, 0.15) is 0 Å². The zero-order valence-electron chi connectivity index (χ0n) is 9.86. The Labute approximate surface area is 96.3 Å². The highest BCUT2D eigenvalue weighted by Gasteiger charge is 2.17. The summed E-state index contributed by atoms with van der Waals surface area (Å²) >= 11 is 0. The Morgan fingerprint density at radius 3 is 2.88 bits per heavy atom. The maximum atomic E-state index is 6.21. The lowest BCUT2D eigenvalue weighted by Gasteiger charge is -2.20. The van der Waals surface area contributed by atoms with E-state index in [0.717, 1.165) is 36.3 Å². The third-order valence-electron chi connectivity index (χ3n) is 2.91. The van der Waals surface area contributed by atoms with Gasteiger partial charge in [-0.1, -0.05) is 6.07 Å². The summed E-state index contributed by atoms with van der Waals surface area (Å²) in [4.78, 5) is 4.43. The van der Waals surface area contributed by atoms with Crippen LogP contribution in [-0.2, 0) is 4.74 Å². The van der Waals surface area contributed by atoms with Gasteiger partial charge in [0, 0.05) is 6.20 Å². The average molecular weight is 218 g/mol. The minimum absolute atomic E-state index is 0.124. The molecule has 1 atom stereocenters. The van der Waals surface area contributed by atoms with Crippen molar-refractivity contribution >= 4 is 0 Å². The van der Waals surface area contributed by atoms with Crippen LogP contribution < -0.4 is 5.73 Å². The molecule has 0 saturated heterocycles. The molecule has 0 fully saturated rings. The van der Waals surface area contributed by atoms with Gasteiger partial charge >= 0.3 is 0 Å². The van der Waals surface area contributed by atoms with Crippen LogP contribution in [0, 0.1) is 13.8 Å². The van der Waals surface area contributed by atoms with Gasteiger partial charge in [-0.05, 0) is 43.4 Å². The molecule has 1 unspecified atom stereocenters. The molecule has 1 aromatic rings. The predicted molar refractivity (Wildman–Crippen MR) is 63.9 cm³/mol. The SMILES string of the molecule is Cc1cnc(C(N)C2=COCCC2)c(C)c1. The minimum Gasteiger partial charge on any atom is -0.501 e. The normalized spacial score (nSPS) is 17.6. The van der Waals surface area contributed by atoms with Crippen molar-refractivity contribution in [3.8, 4) is 0 Å². The first-order valence-electron chi connectivity index (χ1n) is 5.68. The van der Waals surface area contributed by atoms with Crippen LogP contribution in [0.25, 0.3) is 0 Å². The minimum atomic E-state index is -0.124. The molecule has 0 aliphatic carbocycles. The Hall–Kier alpha value is -1.35. The van der Waals surface area contributed by atoms with E-state index >= 15 is 0 Å². The van der Waals surface area contributed by atoms with Crippen LogP contribution in [0.4, 0.5) is 0 Å². The van der Waals surface area contributed by atoms with E-state index in [4.69, 9.17) is 10.5 Å². The number of ether oxygens (including phenoxy) is 1. The largest absolute Gasteiger partial charge is 0.501 e. The van der Waals surface area contributed by atoms with Crippen LogP contribution >= 0.6 is 0 Å². The van der Waals surface area contributed by atoms with Gasteiger partial charge in [-0.2, -0.15) is 0 Å². The summed E-state index contributed by atoms with van der Waals surface area (Å²) in [5.41, 5.74) is 10.6. The molecule has 1 aliphatic rings. The van der Waals surface area contributed by atoms with E-state index in [9.17, 15) is 0 Å². The van der Waals surface area contributed by atoms with Gasteiger partial charge in [-0.3, -0.25) is 4.98 Å². The third kappa shape index (κ3) is 2.25. The number of nitrogens with zero attached hydrogens (tertiary/aromatic N) is 1. The summed E-state index contributed by atoms with van der Waals surface area (Å²) in [7, 11) is 0. The second-order valence-electron chi connectivity index (χ2n) is 4.36. The lowest BCUT2D eigenvalue weighted by Crippen LogP contribution is -2.18. The van der Waals surface area contributed by atoms with Crippen molar-refractivity contribution in [2.24, 2.45) is 5.73 Å². The van der Waals surface area contributed by atoms with Crippen molar-refractivity contribution in [1.29, 1.82) is 0 Å². The van der Waals surface area contributed by atoms with Gasteiger partial charge in [-0.15, -0.1) is 0 Å². The van der Waals surface area contributed by atoms with Gasteiger partial charge in [0.15, 0.2) is 0 Å². The van der Waals surface area contributed by atoms with Crippen LogP contribution in [-0.4, -0.2) is 11.6 Å². The second kappa shape index (κ2) is 4.66. The molecule has 2 heterocycles. The lowest BCUT2D eigenvalue weighted by molar-refractivity contribution is 0.221. The van der Waals surface area contributed by atoms with Crippen molar-refractivity contribution in [3.63, 3.8) is 0 Å². The van der Waals surface area contributed by atoms with E-state index in [-0.39, 0.29) is 6.04 Å². The topological polar surface area (TPSA) is 48.1 Å². The molecular formula is C13H18N2O. The Morgan fingerprint density at radius 2 is 2.25 bits per heavy atom. The zero-order valence-corrected chi connectivity index (χ0v) is 9.86. The maximum Gasteiger partial charge on any atom is 0.0876 e. The first kappa shape index (κ1) is 11.1. The van der Waals surface area contributed by atoms with E-state index in [1.54, 1.807) is 6.26 Å². The number of nitrogens with two attached hydrogens (primary N) is 1. The number of pyridine rings is 1. The molecule has 1 aliphatic heterocycles. The van der Waals surface area contributed by atoms with Crippen molar-refractivity contribution in [3.05, 3.63) is 40.9 Å². The quantitative estimate of drug-likeness (QED) is 0.829. The average Bonchev–Trinajstić information content (AvgIpc) is 2.29. The molecule has 2 rings (SSSR count). The molecule has 2 N–H and O–H groups in total. The fourth-order valence-electron chi connectivity index (χ4n) is 2.04. The highest BCUT2D eigenvalue weighted by Crippen LogP contribution is 2.26. The van der Waals surface area contributed by atoms with Crippen LogP contribution in [0.2, 0.25) is 0 Å². The summed E-state index contributed by atoms with van der Waals surface area (Å²) in [6, 6.07) is 1.99. The smallest absolute Gasteiger partial charge is 0.0876 e. The number of aryl methyl sites for hydroxylation is 2. The van der Waals surface area contributed by atoms with E-state index < -0.39 is 0 Å². The van der Waals surface area contributed by atoms with E-state index in [1.807, 2.05) is 13.1 Å². The van der Waals surface area contributed by atoms with E-state index in [1.165, 1.54) is 5.56 Å². The molecule has 0 aromatic carbocycles. The van der Waals surface area contributed by atoms with Gasteiger partial charge in [0.05, 0.1) is 24.6 Å². The molecule has 0 amide bonds. The Kier molecular flexibility index (Phi) is 3.25. The third-order valence-corrected chi connectivity index (χ3v) is 2.91. The number of rotatable bonds is 2. The Balaban J connectivity index is 2.26. The lowest BCUT2D eigenvalue weighted by atomic mass is 9.97. The molecule has 3 heteroatoms. The first-order chi connectivity index (χ1) is 7.68. The van der Waals surface area contributed by atoms with E-state index in [0.29, 0.717) is 0 Å². The van der Waals surface area contributed by atoms with Gasteiger partial charge in [0.2, 0.25) is 0 Å². The number of aromatic nitrogens is 1. The highest BCUT2D eigenvalue weighted by molar-refractivity contribution is 5.30. The van der Waals surface area contributed by atoms with Crippen molar-refractivity contribution in [1.82, 2.24) is 4.98 Å². The second-order valence-corrected chi connectivity index (χ2v) is 4.36. The van der Waals surface area contributed by atoms with Crippen LogP contribution in [0.15, 0.2) is 24.1 Å². The summed E-state index contributed by atoms with van der Waals surface area (Å²) in [6.07, 6.45) is 5.72. The van der Waals surface area contributed by atoms with Gasteiger partial charge in [0.25, 0.3) is 0 Å². The molecule has 0 bridgehead atoms. The molecule has 86 valence electrons. The van der Waals surface area contributed by atoms with Crippen LogP contribution in [0.1, 0.15) is 35.7 Å². The monoisotopic (exact) mass is 218 g/mol. The van der Waals surface area contributed by atoms with Crippen molar-refractivity contribution < 1.29 is 4.74 Å².